The van der Waals surface area contributed by atoms with Crippen molar-refractivity contribution in [3.63, 3.8) is 0 Å². The first kappa shape index (κ1) is 16.6. The van der Waals surface area contributed by atoms with Crippen molar-refractivity contribution in [2.45, 2.75) is 38.6 Å². The van der Waals surface area contributed by atoms with Crippen molar-refractivity contribution in [3.8, 4) is 0 Å². The van der Waals surface area contributed by atoms with E-state index in [1.165, 1.54) is 0 Å². The van der Waals surface area contributed by atoms with E-state index >= 15 is 0 Å². The highest BCUT2D eigenvalue weighted by Gasteiger charge is 2.26. The molecule has 1 saturated carbocycles. The molecule has 2 atom stereocenters. The molecule has 0 unspecified atom stereocenters. The number of benzene rings is 1. The number of hydrogen-bond donors (Lipinski definition) is 3. The number of rotatable bonds is 5. The largest absolute Gasteiger partial charge is 0.396 e. The van der Waals surface area contributed by atoms with Gasteiger partial charge in [0.15, 0.2) is 0 Å². The third-order valence-electron chi connectivity index (χ3n) is 4.50. The summed E-state index contributed by atoms with van der Waals surface area (Å²) in [6.45, 7) is 3.08. The molecule has 122 valence electrons. The van der Waals surface area contributed by atoms with Gasteiger partial charge in [-0.3, -0.25) is 0 Å². The molecule has 1 aliphatic carbocycles. The van der Waals surface area contributed by atoms with Crippen molar-refractivity contribution in [2.75, 3.05) is 30.4 Å². The van der Waals surface area contributed by atoms with Gasteiger partial charge in [0.05, 0.1) is 11.4 Å². The van der Waals surface area contributed by atoms with Crippen LogP contribution in [0.4, 0.5) is 16.2 Å². The average molecular weight is 305 g/mol. The Hall–Kier alpha value is -1.75. The van der Waals surface area contributed by atoms with Crippen molar-refractivity contribution >= 4 is 17.4 Å². The van der Waals surface area contributed by atoms with E-state index in [-0.39, 0.29) is 24.6 Å². The summed E-state index contributed by atoms with van der Waals surface area (Å²) >= 11 is 0. The van der Waals surface area contributed by atoms with E-state index in [2.05, 4.69) is 22.5 Å². The SMILES string of the molecule is CCN(C)c1ccccc1NC(=O)N[C@H]1CCCC[C@@H]1CO. The molecule has 0 aromatic heterocycles. The van der Waals surface area contributed by atoms with E-state index in [1.54, 1.807) is 0 Å². The van der Waals surface area contributed by atoms with Gasteiger partial charge in [0.1, 0.15) is 0 Å². The lowest BCUT2D eigenvalue weighted by Gasteiger charge is -2.31. The van der Waals surface area contributed by atoms with Crippen LogP contribution in [0.5, 0.6) is 0 Å². The topological polar surface area (TPSA) is 64.6 Å². The third kappa shape index (κ3) is 4.13. The fourth-order valence-corrected chi connectivity index (χ4v) is 3.03. The van der Waals surface area contributed by atoms with E-state index in [1.807, 2.05) is 31.3 Å². The molecule has 2 amide bonds. The number of urea groups is 1. The second-order valence-electron chi connectivity index (χ2n) is 5.96. The molecule has 0 bridgehead atoms. The van der Waals surface area contributed by atoms with Crippen molar-refractivity contribution in [3.05, 3.63) is 24.3 Å². The van der Waals surface area contributed by atoms with Gasteiger partial charge in [-0.2, -0.15) is 0 Å². The summed E-state index contributed by atoms with van der Waals surface area (Å²) in [6, 6.07) is 7.66. The zero-order valence-corrected chi connectivity index (χ0v) is 13.5. The fourth-order valence-electron chi connectivity index (χ4n) is 3.03. The summed E-state index contributed by atoms with van der Waals surface area (Å²) in [5, 5.41) is 15.4. The highest BCUT2D eigenvalue weighted by atomic mass is 16.3. The summed E-state index contributed by atoms with van der Waals surface area (Å²) in [6.07, 6.45) is 4.16. The second kappa shape index (κ2) is 8.03. The maximum Gasteiger partial charge on any atom is 0.319 e. The Balaban J connectivity index is 2.00. The minimum absolute atomic E-state index is 0.0646. The first-order chi connectivity index (χ1) is 10.7. The van der Waals surface area contributed by atoms with Crippen LogP contribution in [0.1, 0.15) is 32.6 Å². The van der Waals surface area contributed by atoms with Gasteiger partial charge in [-0.25, -0.2) is 4.79 Å². The van der Waals surface area contributed by atoms with Gasteiger partial charge in [-0.15, -0.1) is 0 Å². The Kier molecular flexibility index (Phi) is 6.07. The molecule has 1 aromatic rings. The number of aliphatic hydroxyl groups excluding tert-OH is 1. The lowest BCUT2D eigenvalue weighted by Crippen LogP contribution is -2.45. The van der Waals surface area contributed by atoms with Crippen LogP contribution in [0.3, 0.4) is 0 Å². The van der Waals surface area contributed by atoms with E-state index in [9.17, 15) is 9.90 Å². The van der Waals surface area contributed by atoms with Crippen molar-refractivity contribution in [1.29, 1.82) is 0 Å². The summed E-state index contributed by atoms with van der Waals surface area (Å²) in [4.78, 5) is 14.4. The minimum Gasteiger partial charge on any atom is -0.396 e. The number of carbonyl (C=O) groups is 1. The molecular formula is C17H27N3O2. The molecule has 0 radical (unpaired) electrons. The van der Waals surface area contributed by atoms with Gasteiger partial charge in [0, 0.05) is 32.2 Å². The number of para-hydroxylation sites is 2. The maximum absolute atomic E-state index is 12.3. The van der Waals surface area contributed by atoms with Gasteiger partial charge in [-0.1, -0.05) is 25.0 Å². The molecule has 22 heavy (non-hydrogen) atoms. The van der Waals surface area contributed by atoms with Gasteiger partial charge < -0.3 is 20.6 Å². The number of carbonyl (C=O) groups excluding carboxylic acids is 1. The monoisotopic (exact) mass is 305 g/mol. The zero-order chi connectivity index (χ0) is 15.9. The van der Waals surface area contributed by atoms with Gasteiger partial charge in [0.2, 0.25) is 0 Å². The Bertz CT molecular complexity index is 493. The Labute approximate surface area is 132 Å². The maximum atomic E-state index is 12.3. The van der Waals surface area contributed by atoms with E-state index in [0.717, 1.165) is 43.6 Å². The third-order valence-corrected chi connectivity index (χ3v) is 4.50. The molecule has 0 aliphatic heterocycles. The molecule has 5 nitrogen and oxygen atoms in total. The van der Waals surface area contributed by atoms with E-state index < -0.39 is 0 Å². The van der Waals surface area contributed by atoms with Crippen LogP contribution in [0.15, 0.2) is 24.3 Å². The van der Waals surface area contributed by atoms with Crippen LogP contribution >= 0.6 is 0 Å². The summed E-state index contributed by atoms with van der Waals surface area (Å²) in [7, 11) is 2.00. The fraction of sp³-hybridized carbons (Fsp3) is 0.588. The van der Waals surface area contributed by atoms with Crippen LogP contribution in [-0.2, 0) is 0 Å². The smallest absolute Gasteiger partial charge is 0.319 e. The first-order valence-electron chi connectivity index (χ1n) is 8.14. The molecule has 1 aliphatic rings. The summed E-state index contributed by atoms with van der Waals surface area (Å²) in [5.41, 5.74) is 1.81. The molecule has 3 N–H and O–H groups in total. The molecule has 1 aromatic carbocycles. The molecular weight excluding hydrogens is 278 g/mol. The Morgan fingerprint density at radius 1 is 1.32 bits per heavy atom. The second-order valence-corrected chi connectivity index (χ2v) is 5.96. The molecule has 0 heterocycles. The Morgan fingerprint density at radius 2 is 2.05 bits per heavy atom. The van der Waals surface area contributed by atoms with Crippen LogP contribution in [0.25, 0.3) is 0 Å². The number of aliphatic hydroxyl groups is 1. The summed E-state index contributed by atoms with van der Waals surface area (Å²) < 4.78 is 0. The highest BCUT2D eigenvalue weighted by Crippen LogP contribution is 2.26. The molecule has 0 saturated heterocycles. The van der Waals surface area contributed by atoms with Gasteiger partial charge in [-0.05, 0) is 31.9 Å². The number of hydrogen-bond acceptors (Lipinski definition) is 3. The van der Waals surface area contributed by atoms with Gasteiger partial charge >= 0.3 is 6.03 Å². The summed E-state index contributed by atoms with van der Waals surface area (Å²) in [5.74, 6) is 0.174. The molecule has 2 rings (SSSR count). The van der Waals surface area contributed by atoms with Gasteiger partial charge in [0.25, 0.3) is 0 Å². The van der Waals surface area contributed by atoms with Crippen molar-refractivity contribution in [2.24, 2.45) is 5.92 Å². The number of nitrogens with one attached hydrogen (secondary N) is 2. The predicted octanol–water partition coefficient (Wildman–Crippen LogP) is 2.82. The lowest BCUT2D eigenvalue weighted by atomic mass is 9.85. The number of nitrogens with zero attached hydrogens (tertiary/aromatic N) is 1. The van der Waals surface area contributed by atoms with Crippen LogP contribution in [0, 0.1) is 5.92 Å². The predicted molar refractivity (Wildman–Crippen MR) is 90.4 cm³/mol. The molecule has 0 spiro atoms. The van der Waals surface area contributed by atoms with Crippen molar-refractivity contribution in [1.82, 2.24) is 5.32 Å². The number of anilines is 2. The Morgan fingerprint density at radius 3 is 2.77 bits per heavy atom. The average Bonchev–Trinajstić information content (AvgIpc) is 2.55. The zero-order valence-electron chi connectivity index (χ0n) is 13.5. The standard InChI is InChI=1S/C17H27N3O2/c1-3-20(2)16-11-7-6-10-15(16)19-17(22)18-14-9-5-4-8-13(14)12-21/h6-7,10-11,13-14,21H,3-5,8-9,12H2,1-2H3,(H2,18,19,22)/t13-,14+/m1/s1. The van der Waals surface area contributed by atoms with Crippen LogP contribution in [0.2, 0.25) is 0 Å². The van der Waals surface area contributed by atoms with Crippen LogP contribution in [-0.4, -0.2) is 37.4 Å². The lowest BCUT2D eigenvalue weighted by molar-refractivity contribution is 0.156. The first-order valence-corrected chi connectivity index (χ1v) is 8.14. The molecule has 5 heteroatoms. The van der Waals surface area contributed by atoms with E-state index in [4.69, 9.17) is 0 Å². The molecule has 1 fully saturated rings. The quantitative estimate of drug-likeness (QED) is 0.784. The highest BCUT2D eigenvalue weighted by molar-refractivity contribution is 5.93. The minimum atomic E-state index is -0.192. The van der Waals surface area contributed by atoms with Crippen molar-refractivity contribution < 1.29 is 9.90 Å². The normalized spacial score (nSPS) is 21.2. The van der Waals surface area contributed by atoms with Crippen LogP contribution < -0.4 is 15.5 Å². The number of amides is 2. The van der Waals surface area contributed by atoms with E-state index in [0.29, 0.717) is 0 Å².